The molecule has 0 N–H and O–H groups in total. The maximum atomic E-state index is 13.1. The number of Topliss-reactive ketones (excluding diaryl/α,β-unsaturated/α-hetero) is 2. The van der Waals surface area contributed by atoms with Crippen molar-refractivity contribution in [2.45, 2.75) is 304 Å². The van der Waals surface area contributed by atoms with Crippen LogP contribution in [0.3, 0.4) is 0 Å². The highest BCUT2D eigenvalue weighted by atomic mass is 16.1. The van der Waals surface area contributed by atoms with Gasteiger partial charge in [0.1, 0.15) is 0 Å². The Balaban J connectivity index is 1.54. The highest BCUT2D eigenvalue weighted by Gasteiger charge is 2.28. The Morgan fingerprint density at radius 2 is 0.420 bits per heavy atom. The van der Waals surface area contributed by atoms with Crippen molar-refractivity contribution in [1.82, 2.24) is 0 Å². The number of benzene rings is 1. The second kappa shape index (κ2) is 47.4. The van der Waals surface area contributed by atoms with Crippen LogP contribution in [0.5, 0.6) is 0 Å². The second-order valence-corrected chi connectivity index (χ2v) is 27.0. The van der Waals surface area contributed by atoms with E-state index in [0.717, 1.165) is 141 Å². The summed E-state index contributed by atoms with van der Waals surface area (Å²) >= 11 is 0. The van der Waals surface area contributed by atoms with Gasteiger partial charge in [0.2, 0.25) is 0 Å². The highest BCUT2D eigenvalue weighted by molar-refractivity contribution is 6.26. The summed E-state index contributed by atoms with van der Waals surface area (Å²) in [4.78, 5) is 25.9. The lowest BCUT2D eigenvalue weighted by molar-refractivity contribution is 0.0973. The van der Waals surface area contributed by atoms with Crippen molar-refractivity contribution in [2.75, 3.05) is 0 Å². The topological polar surface area (TPSA) is 34.1 Å². The summed E-state index contributed by atoms with van der Waals surface area (Å²) in [5.74, 6) is -0.0329. The number of carbonyl (C=O) groups excluding carboxylic acids is 2. The number of fused-ring (bicyclic) bond motifs is 1. The van der Waals surface area contributed by atoms with Crippen LogP contribution in [0.15, 0.2) is 210 Å². The van der Waals surface area contributed by atoms with Gasteiger partial charge in [0.05, 0.1) is 0 Å². The minimum Gasteiger partial charge on any atom is -0.289 e. The van der Waals surface area contributed by atoms with Crippen molar-refractivity contribution in [3.05, 3.63) is 221 Å². The molecule has 0 radical (unpaired) electrons. The van der Waals surface area contributed by atoms with Gasteiger partial charge in [-0.05, 0) is 304 Å². The molecule has 88 heavy (non-hydrogen) atoms. The van der Waals surface area contributed by atoms with Crippen molar-refractivity contribution in [3.63, 3.8) is 0 Å². The predicted octanol–water partition coefficient (Wildman–Crippen LogP) is 27.9. The third-order valence-electron chi connectivity index (χ3n) is 17.6. The van der Waals surface area contributed by atoms with Gasteiger partial charge < -0.3 is 0 Å². The molecule has 2 rings (SSSR count). The number of hydrogen-bond donors (Lipinski definition) is 0. The summed E-state index contributed by atoms with van der Waals surface area (Å²) in [7, 11) is 0. The van der Waals surface area contributed by atoms with Crippen LogP contribution in [0, 0.1) is 0 Å². The van der Waals surface area contributed by atoms with Crippen LogP contribution in [0.1, 0.15) is 325 Å². The molecule has 0 aromatic heterocycles. The number of ketones is 2. The molecule has 0 atom stereocenters. The third-order valence-corrected chi connectivity index (χ3v) is 17.6. The van der Waals surface area contributed by atoms with Gasteiger partial charge in [0.15, 0.2) is 11.6 Å². The average Bonchev–Trinajstić information content (AvgIpc) is 0.897. The first-order valence-corrected chi connectivity index (χ1v) is 34.7. The quantitative estimate of drug-likeness (QED) is 0.0610. The molecular weight excluding hydrogens is 1060 g/mol. The van der Waals surface area contributed by atoms with Crippen LogP contribution in [0.4, 0.5) is 0 Å². The van der Waals surface area contributed by atoms with Crippen molar-refractivity contribution >= 4 is 11.6 Å². The van der Waals surface area contributed by atoms with Crippen LogP contribution in [-0.4, -0.2) is 11.6 Å². The lowest BCUT2D eigenvalue weighted by atomic mass is 9.83. The third kappa shape index (κ3) is 38.7. The summed E-state index contributed by atoms with van der Waals surface area (Å²) in [6.45, 7) is 38.2. The maximum Gasteiger partial charge on any atom is 0.190 e. The molecule has 0 unspecified atom stereocenters. The Bertz CT molecular complexity index is 2830. The van der Waals surface area contributed by atoms with Gasteiger partial charge in [-0.25, -0.2) is 0 Å². The number of allylic oxidation sites excluding steroid dienone is 32. The zero-order chi connectivity index (χ0) is 65.1. The fourth-order valence-corrected chi connectivity index (χ4v) is 11.2. The van der Waals surface area contributed by atoms with E-state index >= 15 is 0 Å². The van der Waals surface area contributed by atoms with E-state index in [1.807, 2.05) is 12.1 Å². The molecule has 1 aliphatic carbocycles. The van der Waals surface area contributed by atoms with E-state index in [4.69, 9.17) is 0 Å². The van der Waals surface area contributed by atoms with Gasteiger partial charge in [-0.15, -0.1) is 0 Å². The van der Waals surface area contributed by atoms with Crippen LogP contribution < -0.4 is 0 Å². The van der Waals surface area contributed by atoms with E-state index in [9.17, 15) is 9.59 Å². The molecule has 1 aliphatic rings. The molecule has 0 saturated carbocycles. The molecule has 0 saturated heterocycles. The zero-order valence-electron chi connectivity index (χ0n) is 59.8. The Kier molecular flexibility index (Phi) is 42.2. The minimum atomic E-state index is -0.0237. The first kappa shape index (κ1) is 78.5. The van der Waals surface area contributed by atoms with Gasteiger partial charge >= 0.3 is 0 Å². The van der Waals surface area contributed by atoms with Crippen LogP contribution in [0.2, 0.25) is 0 Å². The number of carbonyl (C=O) groups is 2. The monoisotopic (exact) mass is 1190 g/mol. The van der Waals surface area contributed by atoms with Crippen molar-refractivity contribution in [2.24, 2.45) is 0 Å². The minimum absolute atomic E-state index is 0.00922. The predicted molar refractivity (Wildman–Crippen MR) is 394 cm³/mol. The zero-order valence-corrected chi connectivity index (χ0v) is 59.8. The average molecular weight is 1190 g/mol. The molecule has 2 nitrogen and oxygen atoms in total. The Hall–Kier alpha value is -5.60. The van der Waals surface area contributed by atoms with E-state index < -0.39 is 0 Å². The SMILES string of the molecule is CC(C)=CCC/C(C)=C/CC/C(C)=C/CC/C(C)=C/CC/C(C)=C/CC/C(C)=C/CC/C(C)=C/CC/C(C)=C/CC/C(C)=C/CC/C(C)=C/CC/C(C)=C/CC/C(C)=C/CC/C(C)=C/CC/C(C)=C/CC/C(C)=C/CC1=C(C)C(=O)c2ccccc2C1=O. The van der Waals surface area contributed by atoms with Crippen molar-refractivity contribution in [1.29, 1.82) is 0 Å². The lowest BCUT2D eigenvalue weighted by Gasteiger charge is -2.18. The molecule has 0 aliphatic heterocycles. The first-order valence-electron chi connectivity index (χ1n) is 34.7. The second-order valence-electron chi connectivity index (χ2n) is 27.0. The van der Waals surface area contributed by atoms with Gasteiger partial charge in [-0.2, -0.15) is 0 Å². The van der Waals surface area contributed by atoms with Crippen LogP contribution in [-0.2, 0) is 0 Å². The van der Waals surface area contributed by atoms with Gasteiger partial charge in [0.25, 0.3) is 0 Å². The van der Waals surface area contributed by atoms with Crippen LogP contribution >= 0.6 is 0 Å². The maximum absolute atomic E-state index is 13.1. The normalized spacial score (nSPS) is 15.6. The molecule has 1 aromatic carbocycles. The highest BCUT2D eigenvalue weighted by Crippen LogP contribution is 2.29. The van der Waals surface area contributed by atoms with Gasteiger partial charge in [-0.1, -0.05) is 199 Å². The Labute approximate surface area is 543 Å². The largest absolute Gasteiger partial charge is 0.289 e. The first-order chi connectivity index (χ1) is 42.0. The smallest absolute Gasteiger partial charge is 0.190 e. The van der Waals surface area contributed by atoms with E-state index in [-0.39, 0.29) is 11.6 Å². The number of hydrogen-bond acceptors (Lipinski definition) is 2. The molecule has 0 amide bonds. The fraction of sp³-hybridized carbons (Fsp3) is 0.535. The lowest BCUT2D eigenvalue weighted by Crippen LogP contribution is -2.20. The molecule has 2 heteroatoms. The van der Waals surface area contributed by atoms with Crippen LogP contribution in [0.25, 0.3) is 0 Å². The van der Waals surface area contributed by atoms with E-state index in [2.05, 4.69) is 202 Å². The van der Waals surface area contributed by atoms with Gasteiger partial charge in [-0.3, -0.25) is 9.59 Å². The Morgan fingerprint density at radius 1 is 0.250 bits per heavy atom. The molecule has 0 heterocycles. The van der Waals surface area contributed by atoms with E-state index in [1.165, 1.54) is 122 Å². The van der Waals surface area contributed by atoms with Crippen molar-refractivity contribution in [3.8, 4) is 0 Å². The molecule has 0 bridgehead atoms. The summed E-state index contributed by atoms with van der Waals surface area (Å²) in [6.07, 6.45) is 68.7. The molecule has 1 aromatic rings. The van der Waals surface area contributed by atoms with E-state index in [1.54, 1.807) is 19.1 Å². The standard InChI is InChI=1S/C86H128O2/c1-66(2)34-20-35-67(3)36-21-37-68(4)38-22-39-69(5)40-23-41-70(6)42-24-43-71(7)44-25-45-72(8)46-26-47-73(9)48-27-49-74(10)50-28-51-75(11)52-29-53-76(12)54-30-55-77(13)56-31-57-78(14)58-32-59-79(15)60-33-61-80(16)64-65-82-81(17)85(87)83-62-18-19-63-84(83)86(82)88/h18-19,34,36,38,40,42,44,46,48,50,52,54,56,58,60,62-64H,20-33,35,37,39,41,43,45,47,49,51,53,55,57,59,61,65H2,1-17H3/b67-36+,68-38+,69-40+,70-42+,71-44+,72-46+,73-48+,74-50+,75-52+,76-54+,77-56+,78-58+,79-60+,80-64+. The number of rotatable bonds is 44. The van der Waals surface area contributed by atoms with E-state index in [0.29, 0.717) is 28.7 Å². The molecule has 0 spiro atoms. The Morgan fingerprint density at radius 3 is 0.614 bits per heavy atom. The molecule has 0 fully saturated rings. The summed E-state index contributed by atoms with van der Waals surface area (Å²) in [5, 5.41) is 0. The molecule has 484 valence electrons. The van der Waals surface area contributed by atoms with Crippen molar-refractivity contribution < 1.29 is 9.59 Å². The van der Waals surface area contributed by atoms with Gasteiger partial charge in [0, 0.05) is 22.3 Å². The summed E-state index contributed by atoms with van der Waals surface area (Å²) < 4.78 is 0. The summed E-state index contributed by atoms with van der Waals surface area (Å²) in [5.41, 5.74) is 24.6. The molecular formula is C86H128O2. The summed E-state index contributed by atoms with van der Waals surface area (Å²) in [6, 6.07) is 7.17. The fourth-order valence-electron chi connectivity index (χ4n) is 11.2.